The van der Waals surface area contributed by atoms with Crippen molar-refractivity contribution in [1.29, 1.82) is 0 Å². The largest absolute Gasteiger partial charge is 0.399 e. The molecule has 0 aliphatic heterocycles. The van der Waals surface area contributed by atoms with Gasteiger partial charge in [0.15, 0.2) is 0 Å². The second-order valence-electron chi connectivity index (χ2n) is 4.37. The molecule has 0 saturated carbocycles. The zero-order valence-electron chi connectivity index (χ0n) is 10.1. The fourth-order valence-electron chi connectivity index (χ4n) is 2.32. The topological polar surface area (TPSA) is 38.0 Å². The van der Waals surface area contributed by atoms with Crippen molar-refractivity contribution in [3.63, 3.8) is 0 Å². The van der Waals surface area contributed by atoms with Crippen molar-refractivity contribution >= 4 is 17.4 Å². The highest BCUT2D eigenvalue weighted by molar-refractivity contribution is 7.99. The van der Waals surface area contributed by atoms with Crippen LogP contribution in [0.2, 0.25) is 0 Å². The summed E-state index contributed by atoms with van der Waals surface area (Å²) in [6, 6.07) is 6.82. The third kappa shape index (κ3) is 3.27. The standard InChI is InChI=1S/C14H20N2S/c1-2-8-17-9-7-16-14-6-3-11-10-12(15)4-5-13(11)14/h2,4-5,10,14,16H,1,3,6-9,15H2. The summed E-state index contributed by atoms with van der Waals surface area (Å²) in [5, 5.41) is 3.62. The van der Waals surface area contributed by atoms with Crippen LogP contribution in [0.15, 0.2) is 30.9 Å². The normalized spacial score (nSPS) is 18.0. The molecule has 17 heavy (non-hydrogen) atoms. The highest BCUT2D eigenvalue weighted by atomic mass is 32.2. The second kappa shape index (κ2) is 6.12. The number of hydrogen-bond donors (Lipinski definition) is 2. The molecule has 0 heterocycles. The van der Waals surface area contributed by atoms with Gasteiger partial charge in [-0.25, -0.2) is 0 Å². The van der Waals surface area contributed by atoms with Crippen molar-refractivity contribution in [2.75, 3.05) is 23.8 Å². The van der Waals surface area contributed by atoms with Gasteiger partial charge >= 0.3 is 0 Å². The fourth-order valence-corrected chi connectivity index (χ4v) is 2.92. The fraction of sp³-hybridized carbons (Fsp3) is 0.429. The lowest BCUT2D eigenvalue weighted by Crippen LogP contribution is -2.21. The van der Waals surface area contributed by atoms with Gasteiger partial charge in [-0.3, -0.25) is 0 Å². The average Bonchev–Trinajstić information content (AvgIpc) is 2.71. The van der Waals surface area contributed by atoms with E-state index in [-0.39, 0.29) is 0 Å². The van der Waals surface area contributed by atoms with Gasteiger partial charge in [-0.2, -0.15) is 11.8 Å². The summed E-state index contributed by atoms with van der Waals surface area (Å²) in [7, 11) is 0. The van der Waals surface area contributed by atoms with E-state index < -0.39 is 0 Å². The van der Waals surface area contributed by atoms with Crippen molar-refractivity contribution in [2.24, 2.45) is 0 Å². The van der Waals surface area contributed by atoms with Crippen LogP contribution in [0, 0.1) is 0 Å². The molecule has 0 radical (unpaired) electrons. The lowest BCUT2D eigenvalue weighted by molar-refractivity contribution is 0.552. The second-order valence-corrected chi connectivity index (χ2v) is 5.52. The van der Waals surface area contributed by atoms with E-state index in [4.69, 9.17) is 5.73 Å². The number of anilines is 1. The molecule has 1 aliphatic rings. The quantitative estimate of drug-likeness (QED) is 0.462. The van der Waals surface area contributed by atoms with Gasteiger partial charge in [0.25, 0.3) is 0 Å². The predicted molar refractivity (Wildman–Crippen MR) is 77.4 cm³/mol. The number of nitrogen functional groups attached to an aromatic ring is 1. The van der Waals surface area contributed by atoms with Crippen LogP contribution in [-0.2, 0) is 6.42 Å². The van der Waals surface area contributed by atoms with Gasteiger partial charge in [-0.15, -0.1) is 6.58 Å². The van der Waals surface area contributed by atoms with E-state index in [2.05, 4.69) is 24.0 Å². The summed E-state index contributed by atoms with van der Waals surface area (Å²) < 4.78 is 0. The van der Waals surface area contributed by atoms with Crippen LogP contribution in [0.4, 0.5) is 5.69 Å². The summed E-state index contributed by atoms with van der Waals surface area (Å²) in [6.45, 7) is 4.78. The van der Waals surface area contributed by atoms with E-state index in [1.165, 1.54) is 17.5 Å². The molecule has 0 saturated heterocycles. The van der Waals surface area contributed by atoms with Crippen LogP contribution < -0.4 is 11.1 Å². The van der Waals surface area contributed by atoms with E-state index >= 15 is 0 Å². The Hall–Kier alpha value is -0.930. The SMILES string of the molecule is C=CCSCCNC1CCc2cc(N)ccc21. The molecule has 0 amide bonds. The molecule has 0 fully saturated rings. The minimum absolute atomic E-state index is 0.523. The zero-order valence-corrected chi connectivity index (χ0v) is 10.9. The number of thioether (sulfide) groups is 1. The summed E-state index contributed by atoms with van der Waals surface area (Å²) in [5.41, 5.74) is 9.53. The maximum absolute atomic E-state index is 5.80. The Labute approximate surface area is 108 Å². The predicted octanol–water partition coefficient (Wildman–Crippen LogP) is 2.76. The van der Waals surface area contributed by atoms with Gasteiger partial charge in [-0.05, 0) is 36.1 Å². The highest BCUT2D eigenvalue weighted by Gasteiger charge is 2.21. The van der Waals surface area contributed by atoms with Crippen LogP contribution in [-0.4, -0.2) is 18.1 Å². The van der Waals surface area contributed by atoms with Gasteiger partial charge in [-0.1, -0.05) is 12.1 Å². The highest BCUT2D eigenvalue weighted by Crippen LogP contribution is 2.32. The first-order valence-corrected chi connectivity index (χ1v) is 7.27. The first kappa shape index (κ1) is 12.5. The van der Waals surface area contributed by atoms with E-state index in [0.717, 1.165) is 30.2 Å². The van der Waals surface area contributed by atoms with Gasteiger partial charge < -0.3 is 11.1 Å². The first-order chi connectivity index (χ1) is 8.31. The molecular formula is C14H20N2S. The van der Waals surface area contributed by atoms with Gasteiger partial charge in [0.1, 0.15) is 0 Å². The molecule has 1 aromatic carbocycles. The maximum atomic E-state index is 5.80. The summed E-state index contributed by atoms with van der Waals surface area (Å²) in [6.07, 6.45) is 4.31. The zero-order chi connectivity index (χ0) is 12.1. The van der Waals surface area contributed by atoms with Crippen LogP contribution in [0.5, 0.6) is 0 Å². The van der Waals surface area contributed by atoms with Crippen LogP contribution in [0.1, 0.15) is 23.6 Å². The molecule has 1 aliphatic carbocycles. The van der Waals surface area contributed by atoms with Crippen LogP contribution >= 0.6 is 11.8 Å². The maximum Gasteiger partial charge on any atom is 0.0326 e. The van der Waals surface area contributed by atoms with Gasteiger partial charge in [0.2, 0.25) is 0 Å². The molecule has 92 valence electrons. The number of nitrogens with one attached hydrogen (secondary N) is 1. The summed E-state index contributed by atoms with van der Waals surface area (Å²) in [4.78, 5) is 0. The molecule has 3 N–H and O–H groups in total. The van der Waals surface area contributed by atoms with E-state index in [0.29, 0.717) is 6.04 Å². The molecule has 2 rings (SSSR count). The molecule has 0 spiro atoms. The summed E-state index contributed by atoms with van der Waals surface area (Å²) >= 11 is 1.92. The van der Waals surface area contributed by atoms with Crippen molar-refractivity contribution in [2.45, 2.75) is 18.9 Å². The van der Waals surface area contributed by atoms with E-state index in [1.807, 2.05) is 23.9 Å². The van der Waals surface area contributed by atoms with Crippen molar-refractivity contribution < 1.29 is 0 Å². The summed E-state index contributed by atoms with van der Waals surface area (Å²) in [5.74, 6) is 2.19. The molecule has 0 aromatic heterocycles. The third-order valence-electron chi connectivity index (χ3n) is 3.12. The van der Waals surface area contributed by atoms with Crippen molar-refractivity contribution in [3.8, 4) is 0 Å². The average molecular weight is 248 g/mol. The Morgan fingerprint density at radius 3 is 3.24 bits per heavy atom. The number of benzene rings is 1. The third-order valence-corrected chi connectivity index (χ3v) is 4.08. The van der Waals surface area contributed by atoms with Crippen molar-refractivity contribution in [1.82, 2.24) is 5.32 Å². The smallest absolute Gasteiger partial charge is 0.0326 e. The number of rotatable bonds is 6. The number of nitrogens with two attached hydrogens (primary N) is 1. The van der Waals surface area contributed by atoms with Crippen LogP contribution in [0.3, 0.4) is 0 Å². The van der Waals surface area contributed by atoms with E-state index in [9.17, 15) is 0 Å². The van der Waals surface area contributed by atoms with Gasteiger partial charge in [0.05, 0.1) is 0 Å². The molecular weight excluding hydrogens is 228 g/mol. The van der Waals surface area contributed by atoms with Gasteiger partial charge in [0, 0.05) is 29.8 Å². The number of aryl methyl sites for hydroxylation is 1. The number of hydrogen-bond acceptors (Lipinski definition) is 3. The first-order valence-electron chi connectivity index (χ1n) is 6.11. The van der Waals surface area contributed by atoms with E-state index in [1.54, 1.807) is 0 Å². The molecule has 1 unspecified atom stereocenters. The lowest BCUT2D eigenvalue weighted by Gasteiger charge is -2.13. The molecule has 1 aromatic rings. The Morgan fingerprint density at radius 1 is 1.53 bits per heavy atom. The Kier molecular flexibility index (Phi) is 4.51. The Balaban J connectivity index is 1.83. The molecule has 0 bridgehead atoms. The molecule has 1 atom stereocenters. The minimum atomic E-state index is 0.523. The van der Waals surface area contributed by atoms with Crippen molar-refractivity contribution in [3.05, 3.63) is 42.0 Å². The Bertz CT molecular complexity index is 390. The molecule has 3 heteroatoms. The Morgan fingerprint density at radius 2 is 2.41 bits per heavy atom. The molecule has 2 nitrogen and oxygen atoms in total. The lowest BCUT2D eigenvalue weighted by atomic mass is 10.1. The van der Waals surface area contributed by atoms with Crippen LogP contribution in [0.25, 0.3) is 0 Å². The monoisotopic (exact) mass is 248 g/mol. The number of fused-ring (bicyclic) bond motifs is 1. The minimum Gasteiger partial charge on any atom is -0.399 e.